The van der Waals surface area contributed by atoms with Gasteiger partial charge in [-0.25, -0.2) is 8.42 Å². The maximum Gasteiger partial charge on any atom is 0.273 e. The van der Waals surface area contributed by atoms with Crippen molar-refractivity contribution in [3.8, 4) is 5.75 Å². The van der Waals surface area contributed by atoms with E-state index in [0.29, 0.717) is 12.8 Å². The zero-order valence-corrected chi connectivity index (χ0v) is 18.0. The predicted octanol–water partition coefficient (Wildman–Crippen LogP) is 3.55. The molecule has 3 aromatic carbocycles. The number of rotatable bonds is 6. The molecule has 1 amide bonds. The van der Waals surface area contributed by atoms with Crippen molar-refractivity contribution in [2.75, 3.05) is 19.0 Å². The SMILES string of the molecule is COc1cc([N+](=O)[O-])ccc1NC(=O)C1CCCN1S(=O)(=O)c1ccc2ccccc2c1. The third kappa shape index (κ3) is 4.02. The molecule has 1 atom stereocenters. The summed E-state index contributed by atoms with van der Waals surface area (Å²) in [5.74, 6) is -0.395. The van der Waals surface area contributed by atoms with Crippen molar-refractivity contribution in [2.24, 2.45) is 0 Å². The monoisotopic (exact) mass is 455 g/mol. The molecule has 4 rings (SSSR count). The summed E-state index contributed by atoms with van der Waals surface area (Å²) in [5.41, 5.74) is 0.0549. The van der Waals surface area contributed by atoms with Crippen LogP contribution in [0.25, 0.3) is 10.8 Å². The van der Waals surface area contributed by atoms with E-state index in [-0.39, 0.29) is 28.6 Å². The molecule has 1 aliphatic rings. The lowest BCUT2D eigenvalue weighted by molar-refractivity contribution is -0.384. The van der Waals surface area contributed by atoms with Crippen molar-refractivity contribution in [3.63, 3.8) is 0 Å². The van der Waals surface area contributed by atoms with Crippen LogP contribution in [0, 0.1) is 10.1 Å². The molecule has 1 aliphatic heterocycles. The Kier molecular flexibility index (Phi) is 5.81. The number of benzene rings is 3. The van der Waals surface area contributed by atoms with Crippen LogP contribution < -0.4 is 10.1 Å². The van der Waals surface area contributed by atoms with Crippen molar-refractivity contribution >= 4 is 38.1 Å². The minimum absolute atomic E-state index is 0.120. The largest absolute Gasteiger partial charge is 0.494 e. The van der Waals surface area contributed by atoms with Gasteiger partial charge in [-0.1, -0.05) is 30.3 Å². The van der Waals surface area contributed by atoms with E-state index >= 15 is 0 Å². The van der Waals surface area contributed by atoms with Crippen molar-refractivity contribution in [1.29, 1.82) is 0 Å². The first-order valence-corrected chi connectivity index (χ1v) is 11.4. The molecule has 0 saturated carbocycles. The normalized spacial score (nSPS) is 16.7. The van der Waals surface area contributed by atoms with Gasteiger partial charge in [0.2, 0.25) is 15.9 Å². The number of hydrogen-bond acceptors (Lipinski definition) is 6. The molecule has 3 aromatic rings. The fourth-order valence-corrected chi connectivity index (χ4v) is 5.56. The number of methoxy groups -OCH3 is 1. The van der Waals surface area contributed by atoms with E-state index in [9.17, 15) is 23.3 Å². The Morgan fingerprint density at radius 3 is 2.59 bits per heavy atom. The number of non-ortho nitro benzene ring substituents is 1. The number of anilines is 1. The second-order valence-corrected chi connectivity index (χ2v) is 9.30. The van der Waals surface area contributed by atoms with Gasteiger partial charge in [0, 0.05) is 12.6 Å². The Hall–Kier alpha value is -3.50. The van der Waals surface area contributed by atoms with E-state index in [0.717, 1.165) is 10.8 Å². The maximum absolute atomic E-state index is 13.3. The van der Waals surface area contributed by atoms with Gasteiger partial charge < -0.3 is 10.1 Å². The summed E-state index contributed by atoms with van der Waals surface area (Å²) in [4.78, 5) is 23.5. The first-order valence-electron chi connectivity index (χ1n) is 9.95. The van der Waals surface area contributed by atoms with E-state index in [4.69, 9.17) is 4.74 Å². The Bertz CT molecular complexity index is 1310. The molecular weight excluding hydrogens is 434 g/mol. The summed E-state index contributed by atoms with van der Waals surface area (Å²) in [6.45, 7) is 0.227. The molecule has 1 heterocycles. The maximum atomic E-state index is 13.3. The van der Waals surface area contributed by atoms with E-state index < -0.39 is 26.9 Å². The molecule has 166 valence electrons. The van der Waals surface area contributed by atoms with Gasteiger partial charge in [0.25, 0.3) is 5.69 Å². The Balaban J connectivity index is 1.60. The van der Waals surface area contributed by atoms with Gasteiger partial charge in [-0.2, -0.15) is 4.31 Å². The highest BCUT2D eigenvalue weighted by Gasteiger charge is 2.39. The quantitative estimate of drug-likeness (QED) is 0.448. The number of nitrogens with zero attached hydrogens (tertiary/aromatic N) is 2. The molecule has 1 fully saturated rings. The molecule has 0 aliphatic carbocycles. The van der Waals surface area contributed by atoms with Gasteiger partial charge in [-0.3, -0.25) is 14.9 Å². The zero-order valence-electron chi connectivity index (χ0n) is 17.2. The fourth-order valence-electron chi connectivity index (χ4n) is 3.87. The van der Waals surface area contributed by atoms with Crippen LogP contribution in [0.5, 0.6) is 5.75 Å². The van der Waals surface area contributed by atoms with Gasteiger partial charge in [0.1, 0.15) is 11.8 Å². The standard InChI is InChI=1S/C22H21N3O6S/c1-31-21-14-17(25(27)28)9-11-19(21)23-22(26)20-7-4-12-24(20)32(29,30)18-10-8-15-5-2-3-6-16(15)13-18/h2-3,5-6,8-11,13-14,20H,4,7,12H2,1H3,(H,23,26). The van der Waals surface area contributed by atoms with Gasteiger partial charge in [-0.15, -0.1) is 0 Å². The average molecular weight is 455 g/mol. The average Bonchev–Trinajstić information content (AvgIpc) is 3.30. The molecule has 0 radical (unpaired) electrons. The van der Waals surface area contributed by atoms with E-state index in [1.807, 2.05) is 24.3 Å². The summed E-state index contributed by atoms with van der Waals surface area (Å²) in [5, 5.41) is 15.4. The molecule has 0 bridgehead atoms. The summed E-state index contributed by atoms with van der Waals surface area (Å²) in [7, 11) is -2.56. The van der Waals surface area contributed by atoms with Crippen molar-refractivity contribution in [2.45, 2.75) is 23.8 Å². The second kappa shape index (κ2) is 8.56. The highest BCUT2D eigenvalue weighted by Crippen LogP contribution is 2.32. The molecule has 1 N–H and O–H groups in total. The predicted molar refractivity (Wildman–Crippen MR) is 119 cm³/mol. The van der Waals surface area contributed by atoms with Crippen LogP contribution in [-0.2, 0) is 14.8 Å². The number of fused-ring (bicyclic) bond motifs is 1. The topological polar surface area (TPSA) is 119 Å². The molecule has 32 heavy (non-hydrogen) atoms. The van der Waals surface area contributed by atoms with Crippen LogP contribution in [0.15, 0.2) is 65.6 Å². The van der Waals surface area contributed by atoms with Crippen LogP contribution in [0.4, 0.5) is 11.4 Å². The third-order valence-electron chi connectivity index (χ3n) is 5.49. The van der Waals surface area contributed by atoms with Crippen LogP contribution >= 0.6 is 0 Å². The number of hydrogen-bond donors (Lipinski definition) is 1. The lowest BCUT2D eigenvalue weighted by atomic mass is 10.1. The highest BCUT2D eigenvalue weighted by atomic mass is 32.2. The first-order chi connectivity index (χ1) is 15.3. The minimum Gasteiger partial charge on any atom is -0.494 e. The smallest absolute Gasteiger partial charge is 0.273 e. The number of nitro groups is 1. The van der Waals surface area contributed by atoms with Crippen LogP contribution in [0.3, 0.4) is 0 Å². The first kappa shape index (κ1) is 21.7. The minimum atomic E-state index is -3.90. The Morgan fingerprint density at radius 1 is 1.12 bits per heavy atom. The highest BCUT2D eigenvalue weighted by molar-refractivity contribution is 7.89. The van der Waals surface area contributed by atoms with Gasteiger partial charge in [0.15, 0.2) is 0 Å². The van der Waals surface area contributed by atoms with Crippen LogP contribution in [0.2, 0.25) is 0 Å². The van der Waals surface area contributed by atoms with E-state index in [1.165, 1.54) is 29.6 Å². The third-order valence-corrected chi connectivity index (χ3v) is 7.39. The number of nitro benzene ring substituents is 1. The molecule has 0 aromatic heterocycles. The van der Waals surface area contributed by atoms with Crippen LogP contribution in [-0.4, -0.2) is 43.2 Å². The van der Waals surface area contributed by atoms with E-state index in [2.05, 4.69) is 5.32 Å². The summed E-state index contributed by atoms with van der Waals surface area (Å²) in [6.07, 6.45) is 0.913. The summed E-state index contributed by atoms with van der Waals surface area (Å²) < 4.78 is 33.0. The van der Waals surface area contributed by atoms with Crippen molar-refractivity contribution < 1.29 is 22.9 Å². The molecule has 9 nitrogen and oxygen atoms in total. The molecule has 0 spiro atoms. The lowest BCUT2D eigenvalue weighted by Crippen LogP contribution is -2.43. The number of sulfonamides is 1. The zero-order chi connectivity index (χ0) is 22.9. The van der Waals surface area contributed by atoms with Gasteiger partial charge in [0.05, 0.1) is 28.7 Å². The number of carbonyl (C=O) groups is 1. The van der Waals surface area contributed by atoms with Crippen LogP contribution in [0.1, 0.15) is 12.8 Å². The summed E-state index contributed by atoms with van der Waals surface area (Å²) in [6, 6.07) is 15.3. The molecule has 10 heteroatoms. The second-order valence-electron chi connectivity index (χ2n) is 7.41. The van der Waals surface area contributed by atoms with Crippen molar-refractivity contribution in [1.82, 2.24) is 4.31 Å². The molecule has 1 unspecified atom stereocenters. The Morgan fingerprint density at radius 2 is 1.88 bits per heavy atom. The fraction of sp³-hybridized carbons (Fsp3) is 0.227. The van der Waals surface area contributed by atoms with E-state index in [1.54, 1.807) is 18.2 Å². The number of amides is 1. The summed E-state index contributed by atoms with van der Waals surface area (Å²) >= 11 is 0. The lowest BCUT2D eigenvalue weighted by Gasteiger charge is -2.24. The molecular formula is C22H21N3O6S. The number of ether oxygens (including phenoxy) is 1. The van der Waals surface area contributed by atoms with Crippen molar-refractivity contribution in [3.05, 3.63) is 70.8 Å². The Labute approximate surface area is 184 Å². The van der Waals surface area contributed by atoms with Gasteiger partial charge >= 0.3 is 0 Å². The van der Waals surface area contributed by atoms with Gasteiger partial charge in [-0.05, 0) is 41.8 Å². The number of nitrogens with one attached hydrogen (secondary N) is 1. The molecule has 1 saturated heterocycles. The number of carbonyl (C=O) groups excluding carboxylic acids is 1.